The molecular weight excluding hydrogens is 300 g/mol. The van der Waals surface area contributed by atoms with E-state index in [4.69, 9.17) is 18.9 Å². The molecule has 0 saturated heterocycles. The third-order valence-electron chi connectivity index (χ3n) is 3.95. The van der Waals surface area contributed by atoms with E-state index in [0.29, 0.717) is 22.8 Å². The van der Waals surface area contributed by atoms with Crippen LogP contribution >= 0.6 is 0 Å². The van der Waals surface area contributed by atoms with Crippen molar-refractivity contribution in [3.63, 3.8) is 0 Å². The molecule has 0 heterocycles. The molecule has 1 unspecified atom stereocenters. The van der Waals surface area contributed by atoms with Gasteiger partial charge in [-0.15, -0.1) is 0 Å². The average Bonchev–Trinajstić information content (AvgIpc) is 2.59. The van der Waals surface area contributed by atoms with Gasteiger partial charge in [0.25, 0.3) is 0 Å². The smallest absolute Gasteiger partial charge is 0.331 e. The van der Waals surface area contributed by atoms with Crippen LogP contribution in [-0.4, -0.2) is 39.5 Å². The maximum atomic E-state index is 11.4. The third-order valence-corrected chi connectivity index (χ3v) is 3.95. The minimum Gasteiger partial charge on any atom is -0.498 e. The van der Waals surface area contributed by atoms with Crippen molar-refractivity contribution in [2.24, 2.45) is 0 Å². The first-order chi connectivity index (χ1) is 11.0. The van der Waals surface area contributed by atoms with Gasteiger partial charge in [-0.1, -0.05) is 12.1 Å². The number of carbonyl (C=O) groups is 1. The van der Waals surface area contributed by atoms with E-state index in [9.17, 15) is 9.90 Å². The highest BCUT2D eigenvalue weighted by atomic mass is 16.5. The number of para-hydroxylation sites is 1. The first-order valence-corrected chi connectivity index (χ1v) is 6.99. The second-order valence-electron chi connectivity index (χ2n) is 4.98. The molecule has 0 saturated carbocycles. The predicted octanol–water partition coefficient (Wildman–Crippen LogP) is 2.49. The van der Waals surface area contributed by atoms with Gasteiger partial charge >= 0.3 is 5.97 Å². The topological polar surface area (TPSA) is 74.2 Å². The van der Waals surface area contributed by atoms with E-state index in [1.165, 1.54) is 34.5 Å². The second-order valence-corrected chi connectivity index (χ2v) is 4.98. The lowest BCUT2D eigenvalue weighted by molar-refractivity contribution is -0.133. The summed E-state index contributed by atoms with van der Waals surface area (Å²) in [6, 6.07) is 5.37. The highest BCUT2D eigenvalue weighted by Crippen LogP contribution is 2.48. The molecule has 0 fully saturated rings. The quantitative estimate of drug-likeness (QED) is 0.868. The lowest BCUT2D eigenvalue weighted by Gasteiger charge is -2.37. The number of methoxy groups -OCH3 is 4. The first kappa shape index (κ1) is 16.9. The van der Waals surface area contributed by atoms with E-state index >= 15 is 0 Å². The number of hydrogen-bond acceptors (Lipinski definition) is 5. The summed E-state index contributed by atoms with van der Waals surface area (Å²) >= 11 is 0. The van der Waals surface area contributed by atoms with Crippen molar-refractivity contribution in [2.75, 3.05) is 28.4 Å². The molecule has 1 aromatic rings. The van der Waals surface area contributed by atoms with Crippen molar-refractivity contribution in [3.8, 4) is 11.5 Å². The Labute approximate surface area is 134 Å². The molecule has 1 N–H and O–H groups in total. The fourth-order valence-electron chi connectivity index (χ4n) is 2.82. The number of rotatable bonds is 6. The van der Waals surface area contributed by atoms with E-state index < -0.39 is 11.6 Å². The zero-order valence-electron chi connectivity index (χ0n) is 13.6. The van der Waals surface area contributed by atoms with Gasteiger partial charge in [-0.2, -0.15) is 0 Å². The van der Waals surface area contributed by atoms with Gasteiger partial charge < -0.3 is 24.1 Å². The zero-order valence-corrected chi connectivity index (χ0v) is 13.6. The fourth-order valence-corrected chi connectivity index (χ4v) is 2.82. The Hall–Kier alpha value is -2.47. The highest BCUT2D eigenvalue weighted by Gasteiger charge is 2.44. The summed E-state index contributed by atoms with van der Waals surface area (Å²) in [6.45, 7) is 0. The molecule has 1 aliphatic rings. The largest absolute Gasteiger partial charge is 0.498 e. The molecule has 6 heteroatoms. The Kier molecular flexibility index (Phi) is 4.95. The zero-order chi connectivity index (χ0) is 17.0. The SMILES string of the molecule is COC1=CC=C(C(=O)O)CC1(OC)c1cccc(OC)c1OC. The summed E-state index contributed by atoms with van der Waals surface area (Å²) in [5.41, 5.74) is -0.240. The number of carboxylic acids is 1. The van der Waals surface area contributed by atoms with Gasteiger partial charge in [0.2, 0.25) is 0 Å². The van der Waals surface area contributed by atoms with Crippen molar-refractivity contribution in [1.29, 1.82) is 0 Å². The Balaban J connectivity index is 2.68. The van der Waals surface area contributed by atoms with Crippen LogP contribution in [0.15, 0.2) is 41.7 Å². The minimum absolute atomic E-state index is 0.113. The van der Waals surface area contributed by atoms with Crippen LogP contribution in [0.3, 0.4) is 0 Å². The molecule has 23 heavy (non-hydrogen) atoms. The van der Waals surface area contributed by atoms with E-state index in [0.717, 1.165) is 0 Å². The summed E-state index contributed by atoms with van der Waals surface area (Å²) in [5.74, 6) is 0.506. The molecule has 0 radical (unpaired) electrons. The lowest BCUT2D eigenvalue weighted by atomic mass is 9.81. The Morgan fingerprint density at radius 1 is 1.09 bits per heavy atom. The number of aliphatic carboxylic acids is 1. The highest BCUT2D eigenvalue weighted by molar-refractivity contribution is 5.88. The van der Waals surface area contributed by atoms with Gasteiger partial charge in [-0.05, 0) is 18.2 Å². The first-order valence-electron chi connectivity index (χ1n) is 6.99. The van der Waals surface area contributed by atoms with Crippen LogP contribution in [0, 0.1) is 0 Å². The summed E-state index contributed by atoms with van der Waals surface area (Å²) in [6.07, 6.45) is 3.24. The van der Waals surface area contributed by atoms with E-state index in [1.807, 2.05) is 6.07 Å². The van der Waals surface area contributed by atoms with Crippen molar-refractivity contribution in [1.82, 2.24) is 0 Å². The number of carboxylic acid groups (broad SMARTS) is 1. The van der Waals surface area contributed by atoms with Gasteiger partial charge in [0.05, 0.1) is 21.3 Å². The molecule has 0 amide bonds. The molecule has 0 aromatic heterocycles. The minimum atomic E-state index is -1.10. The van der Waals surface area contributed by atoms with Crippen molar-refractivity contribution < 1.29 is 28.8 Å². The molecule has 1 atom stereocenters. The van der Waals surface area contributed by atoms with E-state index in [1.54, 1.807) is 18.2 Å². The van der Waals surface area contributed by atoms with Crippen molar-refractivity contribution in [3.05, 3.63) is 47.2 Å². The Morgan fingerprint density at radius 3 is 2.35 bits per heavy atom. The normalized spacial score (nSPS) is 20.3. The van der Waals surface area contributed by atoms with Gasteiger partial charge in [0, 0.05) is 24.7 Å². The van der Waals surface area contributed by atoms with Gasteiger partial charge in [-0.3, -0.25) is 0 Å². The Bertz CT molecular complexity index is 661. The summed E-state index contributed by atoms with van der Waals surface area (Å²) < 4.78 is 22.0. The monoisotopic (exact) mass is 320 g/mol. The fraction of sp³-hybridized carbons (Fsp3) is 0.353. The van der Waals surface area contributed by atoms with Crippen LogP contribution in [0.25, 0.3) is 0 Å². The molecule has 1 aromatic carbocycles. The molecule has 1 aliphatic carbocycles. The molecule has 2 rings (SSSR count). The van der Waals surface area contributed by atoms with Gasteiger partial charge in [0.1, 0.15) is 5.76 Å². The Morgan fingerprint density at radius 2 is 1.83 bits per heavy atom. The van der Waals surface area contributed by atoms with Crippen molar-refractivity contribution in [2.45, 2.75) is 12.0 Å². The second kappa shape index (κ2) is 6.75. The van der Waals surface area contributed by atoms with Crippen LogP contribution in [0.2, 0.25) is 0 Å². The molecule has 0 spiro atoms. The molecule has 0 bridgehead atoms. The molecular formula is C17H20O6. The lowest BCUT2D eigenvalue weighted by Crippen LogP contribution is -2.35. The van der Waals surface area contributed by atoms with Crippen LogP contribution in [0.4, 0.5) is 0 Å². The van der Waals surface area contributed by atoms with Crippen molar-refractivity contribution >= 4 is 5.97 Å². The summed E-state index contributed by atoms with van der Waals surface area (Å²) in [4.78, 5) is 11.4. The number of benzene rings is 1. The summed E-state index contributed by atoms with van der Waals surface area (Å²) in [5, 5.41) is 9.35. The maximum Gasteiger partial charge on any atom is 0.331 e. The van der Waals surface area contributed by atoms with Crippen LogP contribution in [0.5, 0.6) is 11.5 Å². The van der Waals surface area contributed by atoms with Gasteiger partial charge in [-0.25, -0.2) is 4.79 Å². The van der Waals surface area contributed by atoms with Crippen LogP contribution in [0.1, 0.15) is 12.0 Å². The van der Waals surface area contributed by atoms with E-state index in [2.05, 4.69) is 0 Å². The predicted molar refractivity (Wildman–Crippen MR) is 83.7 cm³/mol. The molecule has 6 nitrogen and oxygen atoms in total. The number of ether oxygens (including phenoxy) is 4. The standard InChI is InChI=1S/C17H20O6/c1-20-13-7-5-6-12(15(13)22-3)17(23-4)10-11(16(18)19)8-9-14(17)21-2/h5-9H,10H2,1-4H3,(H,18,19). The molecule has 124 valence electrons. The number of hydrogen-bond donors (Lipinski definition) is 1. The van der Waals surface area contributed by atoms with Crippen LogP contribution < -0.4 is 9.47 Å². The molecule has 0 aliphatic heterocycles. The third kappa shape index (κ3) is 2.77. The van der Waals surface area contributed by atoms with Crippen LogP contribution in [-0.2, 0) is 19.9 Å². The van der Waals surface area contributed by atoms with Gasteiger partial charge in [0.15, 0.2) is 17.1 Å². The maximum absolute atomic E-state index is 11.4. The average molecular weight is 320 g/mol. The van der Waals surface area contributed by atoms with E-state index in [-0.39, 0.29) is 12.0 Å². The summed E-state index contributed by atoms with van der Waals surface area (Å²) in [7, 11) is 6.09. The number of allylic oxidation sites excluding steroid dienone is 2.